The average Bonchev–Trinajstić information content (AvgIpc) is 3.25. The number of aromatic nitrogens is 1. The zero-order valence-electron chi connectivity index (χ0n) is 15.7. The maximum atomic E-state index is 12.7. The van der Waals surface area contributed by atoms with Crippen molar-refractivity contribution in [3.05, 3.63) is 65.5 Å². The van der Waals surface area contributed by atoms with Crippen molar-refractivity contribution in [1.82, 2.24) is 15.6 Å². The number of hydrogen-bond donors (Lipinski definition) is 3. The van der Waals surface area contributed by atoms with Gasteiger partial charge in [0, 0.05) is 24.4 Å². The Bertz CT molecular complexity index is 830. The van der Waals surface area contributed by atoms with E-state index in [-0.39, 0.29) is 36.2 Å². The SMILES string of the molecule is O=C(Cc1cccnc1)N[C@@H]1C[C@H](C(=O)NC2Cc3ccccc3C2)C[C@H]1O. The van der Waals surface area contributed by atoms with Crippen LogP contribution in [0.15, 0.2) is 48.8 Å². The van der Waals surface area contributed by atoms with E-state index < -0.39 is 6.10 Å². The van der Waals surface area contributed by atoms with Gasteiger partial charge in [-0.05, 0) is 48.4 Å². The van der Waals surface area contributed by atoms with E-state index in [1.54, 1.807) is 18.5 Å². The highest BCUT2D eigenvalue weighted by Crippen LogP contribution is 2.28. The zero-order chi connectivity index (χ0) is 19.5. The monoisotopic (exact) mass is 379 g/mol. The van der Waals surface area contributed by atoms with Crippen LogP contribution in [0.4, 0.5) is 0 Å². The van der Waals surface area contributed by atoms with E-state index in [0.717, 1.165) is 18.4 Å². The summed E-state index contributed by atoms with van der Waals surface area (Å²) in [6.45, 7) is 0. The molecule has 0 aliphatic heterocycles. The molecule has 1 aromatic heterocycles. The minimum atomic E-state index is -0.700. The number of benzene rings is 1. The molecule has 0 unspecified atom stereocenters. The summed E-state index contributed by atoms with van der Waals surface area (Å²) in [5.74, 6) is -0.465. The molecule has 146 valence electrons. The summed E-state index contributed by atoms with van der Waals surface area (Å²) in [7, 11) is 0. The standard InChI is InChI=1S/C22H25N3O3/c26-20-12-17(11-19(20)25-21(27)8-14-4-3-7-23-13-14)22(28)24-18-9-15-5-1-2-6-16(15)10-18/h1-7,13,17-20,26H,8-12H2,(H,24,28)(H,25,27)/t17-,19+,20+/m0/s1. The van der Waals surface area contributed by atoms with Crippen LogP contribution >= 0.6 is 0 Å². The van der Waals surface area contributed by atoms with Crippen LogP contribution < -0.4 is 10.6 Å². The van der Waals surface area contributed by atoms with Gasteiger partial charge in [-0.25, -0.2) is 0 Å². The molecule has 2 aliphatic rings. The van der Waals surface area contributed by atoms with Crippen molar-refractivity contribution in [2.24, 2.45) is 5.92 Å². The van der Waals surface area contributed by atoms with Crippen LogP contribution in [-0.4, -0.2) is 40.1 Å². The van der Waals surface area contributed by atoms with Crippen LogP contribution in [0.5, 0.6) is 0 Å². The summed E-state index contributed by atoms with van der Waals surface area (Å²) in [4.78, 5) is 28.9. The van der Waals surface area contributed by atoms with Crippen molar-refractivity contribution in [2.75, 3.05) is 0 Å². The van der Waals surface area contributed by atoms with E-state index in [1.165, 1.54) is 11.1 Å². The molecule has 3 atom stereocenters. The van der Waals surface area contributed by atoms with Gasteiger partial charge in [-0.15, -0.1) is 0 Å². The van der Waals surface area contributed by atoms with E-state index >= 15 is 0 Å². The number of carbonyl (C=O) groups excluding carboxylic acids is 2. The minimum absolute atomic E-state index is 0.0270. The van der Waals surface area contributed by atoms with Gasteiger partial charge < -0.3 is 15.7 Å². The first-order valence-corrected chi connectivity index (χ1v) is 9.82. The molecule has 1 heterocycles. The van der Waals surface area contributed by atoms with E-state index in [9.17, 15) is 14.7 Å². The molecular weight excluding hydrogens is 354 g/mol. The summed E-state index contributed by atoms with van der Waals surface area (Å²) >= 11 is 0. The van der Waals surface area contributed by atoms with Crippen LogP contribution in [0.25, 0.3) is 0 Å². The maximum absolute atomic E-state index is 12.7. The van der Waals surface area contributed by atoms with Gasteiger partial charge in [-0.2, -0.15) is 0 Å². The lowest BCUT2D eigenvalue weighted by molar-refractivity contribution is -0.126. The summed E-state index contributed by atoms with van der Waals surface area (Å²) in [6, 6.07) is 11.6. The molecule has 6 heteroatoms. The molecule has 2 amide bonds. The molecule has 3 N–H and O–H groups in total. The molecule has 0 bridgehead atoms. The number of aliphatic hydroxyl groups excluding tert-OH is 1. The Morgan fingerprint density at radius 1 is 1.04 bits per heavy atom. The Labute approximate surface area is 164 Å². The first-order chi connectivity index (χ1) is 13.6. The van der Waals surface area contributed by atoms with Crippen molar-refractivity contribution >= 4 is 11.8 Å². The van der Waals surface area contributed by atoms with E-state index in [2.05, 4.69) is 27.8 Å². The predicted octanol–water partition coefficient (Wildman–Crippen LogP) is 1.16. The van der Waals surface area contributed by atoms with Gasteiger partial charge in [0.25, 0.3) is 0 Å². The molecule has 0 saturated heterocycles. The number of carbonyl (C=O) groups is 2. The second-order valence-corrected chi connectivity index (χ2v) is 7.83. The van der Waals surface area contributed by atoms with Crippen molar-refractivity contribution in [3.63, 3.8) is 0 Å². The van der Waals surface area contributed by atoms with Crippen LogP contribution in [0.1, 0.15) is 29.5 Å². The third-order valence-corrected chi connectivity index (χ3v) is 5.73. The van der Waals surface area contributed by atoms with Gasteiger partial charge in [0.2, 0.25) is 11.8 Å². The Balaban J connectivity index is 1.28. The Morgan fingerprint density at radius 2 is 1.79 bits per heavy atom. The van der Waals surface area contributed by atoms with Crippen molar-refractivity contribution in [3.8, 4) is 0 Å². The third kappa shape index (κ3) is 4.22. The van der Waals surface area contributed by atoms with Crippen molar-refractivity contribution in [2.45, 2.75) is 50.3 Å². The van der Waals surface area contributed by atoms with Gasteiger partial charge in [-0.3, -0.25) is 14.6 Å². The molecule has 6 nitrogen and oxygen atoms in total. The lowest BCUT2D eigenvalue weighted by atomic mass is 10.1. The Morgan fingerprint density at radius 3 is 2.46 bits per heavy atom. The van der Waals surface area contributed by atoms with E-state index in [1.807, 2.05) is 18.2 Å². The summed E-state index contributed by atoms with van der Waals surface area (Å²) in [5.41, 5.74) is 3.40. The van der Waals surface area contributed by atoms with E-state index in [4.69, 9.17) is 0 Å². The lowest BCUT2D eigenvalue weighted by Gasteiger charge is -2.17. The van der Waals surface area contributed by atoms with Gasteiger partial charge >= 0.3 is 0 Å². The zero-order valence-corrected chi connectivity index (χ0v) is 15.7. The number of nitrogens with one attached hydrogen (secondary N) is 2. The highest BCUT2D eigenvalue weighted by Gasteiger charge is 2.38. The minimum Gasteiger partial charge on any atom is -0.391 e. The summed E-state index contributed by atoms with van der Waals surface area (Å²) in [5, 5.41) is 16.3. The normalized spacial score (nSPS) is 24.0. The number of hydrogen-bond acceptors (Lipinski definition) is 4. The van der Waals surface area contributed by atoms with Gasteiger partial charge in [-0.1, -0.05) is 30.3 Å². The van der Waals surface area contributed by atoms with Gasteiger partial charge in [0.15, 0.2) is 0 Å². The van der Waals surface area contributed by atoms with Crippen LogP contribution in [0.2, 0.25) is 0 Å². The molecule has 1 saturated carbocycles. The number of amides is 2. The molecule has 0 spiro atoms. The molecule has 1 fully saturated rings. The van der Waals surface area contributed by atoms with Crippen molar-refractivity contribution in [1.29, 1.82) is 0 Å². The molecule has 2 aromatic rings. The third-order valence-electron chi connectivity index (χ3n) is 5.73. The van der Waals surface area contributed by atoms with Crippen LogP contribution in [-0.2, 0) is 28.9 Å². The number of pyridine rings is 1. The Kier molecular flexibility index (Phi) is 5.39. The smallest absolute Gasteiger partial charge is 0.224 e. The average molecular weight is 379 g/mol. The molecule has 2 aliphatic carbocycles. The Hall–Kier alpha value is -2.73. The van der Waals surface area contributed by atoms with Crippen LogP contribution in [0, 0.1) is 5.92 Å². The van der Waals surface area contributed by atoms with Gasteiger partial charge in [0.1, 0.15) is 0 Å². The largest absolute Gasteiger partial charge is 0.391 e. The fourth-order valence-corrected chi connectivity index (χ4v) is 4.31. The lowest BCUT2D eigenvalue weighted by Crippen LogP contribution is -2.41. The number of aliphatic hydroxyl groups is 1. The second-order valence-electron chi connectivity index (χ2n) is 7.83. The van der Waals surface area contributed by atoms with E-state index in [0.29, 0.717) is 12.8 Å². The summed E-state index contributed by atoms with van der Waals surface area (Å²) in [6.07, 6.45) is 5.37. The van der Waals surface area contributed by atoms with Gasteiger partial charge in [0.05, 0.1) is 18.6 Å². The fraction of sp³-hybridized carbons (Fsp3) is 0.409. The quantitative estimate of drug-likeness (QED) is 0.727. The molecule has 1 aromatic carbocycles. The second kappa shape index (κ2) is 8.10. The molecule has 4 rings (SSSR count). The topological polar surface area (TPSA) is 91.3 Å². The first-order valence-electron chi connectivity index (χ1n) is 9.82. The molecular formula is C22H25N3O3. The fourth-order valence-electron chi connectivity index (χ4n) is 4.31. The highest BCUT2D eigenvalue weighted by molar-refractivity contribution is 5.81. The number of rotatable bonds is 5. The predicted molar refractivity (Wildman–Crippen MR) is 104 cm³/mol. The highest BCUT2D eigenvalue weighted by atomic mass is 16.3. The first kappa shape index (κ1) is 18.6. The van der Waals surface area contributed by atoms with Crippen molar-refractivity contribution < 1.29 is 14.7 Å². The summed E-state index contributed by atoms with van der Waals surface area (Å²) < 4.78 is 0. The number of nitrogens with zero attached hydrogens (tertiary/aromatic N) is 1. The molecule has 0 radical (unpaired) electrons. The van der Waals surface area contributed by atoms with Crippen LogP contribution in [0.3, 0.4) is 0 Å². The number of fused-ring (bicyclic) bond motifs is 1. The maximum Gasteiger partial charge on any atom is 0.224 e. The molecule has 28 heavy (non-hydrogen) atoms.